The lowest BCUT2D eigenvalue weighted by Gasteiger charge is -2.09. The number of fused-ring (bicyclic) bond motifs is 1. The number of aliphatic imine (C=N–C) groups is 1. The lowest BCUT2D eigenvalue weighted by molar-refractivity contribution is 0.412. The smallest absolute Gasteiger partial charge is 0.134 e. The fourth-order valence-corrected chi connectivity index (χ4v) is 4.60. The largest absolute Gasteiger partial charge is 0.496 e. The molecule has 22 heavy (non-hydrogen) atoms. The quantitative estimate of drug-likeness (QED) is 0.524. The molecule has 112 valence electrons. The van der Waals surface area contributed by atoms with Crippen molar-refractivity contribution in [1.82, 2.24) is 0 Å². The second-order valence-electron chi connectivity index (χ2n) is 5.16. The first kappa shape index (κ1) is 15.5. The van der Waals surface area contributed by atoms with Gasteiger partial charge in [-0.2, -0.15) is 5.26 Å². The van der Waals surface area contributed by atoms with E-state index in [1.165, 1.54) is 23.3 Å². The third-order valence-electron chi connectivity index (χ3n) is 3.77. The van der Waals surface area contributed by atoms with Crippen molar-refractivity contribution in [2.75, 3.05) is 7.11 Å². The predicted molar refractivity (Wildman–Crippen MR) is 98.6 cm³/mol. The predicted octanol–water partition coefficient (Wildman–Crippen LogP) is 4.86. The minimum Gasteiger partial charge on any atom is -0.496 e. The first-order valence-corrected chi connectivity index (χ1v) is 9.04. The summed E-state index contributed by atoms with van der Waals surface area (Å²) < 4.78 is 6.31. The number of benzene rings is 1. The second kappa shape index (κ2) is 6.80. The molecule has 3 rings (SSSR count). The monoisotopic (exact) mass is 422 g/mol. The zero-order valence-electron chi connectivity index (χ0n) is 12.2. The van der Waals surface area contributed by atoms with Crippen LogP contribution in [0.5, 0.6) is 5.75 Å². The molecule has 1 aliphatic rings. The lowest BCUT2D eigenvalue weighted by atomic mass is 9.96. The van der Waals surface area contributed by atoms with Crippen molar-refractivity contribution < 1.29 is 4.74 Å². The third-order valence-corrected chi connectivity index (χ3v) is 5.81. The number of nitriles is 1. The summed E-state index contributed by atoms with van der Waals surface area (Å²) >= 11 is 3.92. The summed E-state index contributed by atoms with van der Waals surface area (Å²) in [4.78, 5) is 5.92. The molecule has 0 spiro atoms. The summed E-state index contributed by atoms with van der Waals surface area (Å²) in [5.74, 6) is 0.863. The van der Waals surface area contributed by atoms with Gasteiger partial charge in [0.25, 0.3) is 0 Å². The van der Waals surface area contributed by atoms with Crippen molar-refractivity contribution in [2.24, 2.45) is 4.99 Å². The van der Waals surface area contributed by atoms with Crippen LogP contribution in [0.2, 0.25) is 0 Å². The fraction of sp³-hybridized carbons (Fsp3) is 0.294. The van der Waals surface area contributed by atoms with Crippen LogP contribution in [0, 0.1) is 14.9 Å². The average Bonchev–Trinajstić information content (AvgIpc) is 2.90. The van der Waals surface area contributed by atoms with Gasteiger partial charge in [0.15, 0.2) is 0 Å². The summed E-state index contributed by atoms with van der Waals surface area (Å²) in [6.45, 7) is 0. The van der Waals surface area contributed by atoms with Gasteiger partial charge < -0.3 is 4.74 Å². The van der Waals surface area contributed by atoms with Crippen LogP contribution in [-0.4, -0.2) is 13.3 Å². The first-order valence-electron chi connectivity index (χ1n) is 7.15. The molecule has 0 unspecified atom stereocenters. The molecule has 1 aromatic carbocycles. The lowest BCUT2D eigenvalue weighted by Crippen LogP contribution is -1.99. The topological polar surface area (TPSA) is 45.4 Å². The number of halogens is 1. The maximum absolute atomic E-state index is 9.44. The highest BCUT2D eigenvalue weighted by Crippen LogP contribution is 2.39. The van der Waals surface area contributed by atoms with Crippen molar-refractivity contribution in [1.29, 1.82) is 5.26 Å². The van der Waals surface area contributed by atoms with Crippen LogP contribution < -0.4 is 4.74 Å². The van der Waals surface area contributed by atoms with E-state index in [0.29, 0.717) is 0 Å². The van der Waals surface area contributed by atoms with E-state index in [-0.39, 0.29) is 0 Å². The number of methoxy groups -OCH3 is 1. The van der Waals surface area contributed by atoms with Gasteiger partial charge in [0, 0.05) is 11.1 Å². The summed E-state index contributed by atoms with van der Waals surface area (Å²) in [6, 6.07) is 8.29. The highest BCUT2D eigenvalue weighted by molar-refractivity contribution is 14.1. The molecule has 0 radical (unpaired) electrons. The van der Waals surface area contributed by atoms with Gasteiger partial charge in [-0.1, -0.05) is 0 Å². The molecule has 5 heteroatoms. The van der Waals surface area contributed by atoms with Gasteiger partial charge in [0.1, 0.15) is 16.8 Å². The van der Waals surface area contributed by atoms with E-state index in [1.807, 2.05) is 24.4 Å². The Morgan fingerprint density at radius 1 is 1.36 bits per heavy atom. The SMILES string of the molecule is COc1ccc(C=Nc2sc3c(c2C#N)CCCC3)cc1I. The van der Waals surface area contributed by atoms with E-state index in [2.05, 4.69) is 33.7 Å². The summed E-state index contributed by atoms with van der Waals surface area (Å²) in [7, 11) is 1.67. The number of thiophene rings is 1. The molecular weight excluding hydrogens is 407 g/mol. The molecular formula is C17H15IN2OS. The molecule has 0 fully saturated rings. The van der Waals surface area contributed by atoms with Crippen molar-refractivity contribution in [3.63, 3.8) is 0 Å². The van der Waals surface area contributed by atoms with Crippen molar-refractivity contribution in [2.45, 2.75) is 25.7 Å². The van der Waals surface area contributed by atoms with Gasteiger partial charge in [-0.25, -0.2) is 4.99 Å². The van der Waals surface area contributed by atoms with E-state index in [4.69, 9.17) is 4.74 Å². The Hall–Kier alpha value is -1.39. The molecule has 0 aliphatic heterocycles. The molecule has 0 amide bonds. The maximum Gasteiger partial charge on any atom is 0.134 e. The van der Waals surface area contributed by atoms with Crippen LogP contribution in [0.1, 0.15) is 34.4 Å². The van der Waals surface area contributed by atoms with E-state index >= 15 is 0 Å². The average molecular weight is 422 g/mol. The Balaban J connectivity index is 1.91. The molecule has 0 bridgehead atoms. The summed E-state index contributed by atoms with van der Waals surface area (Å²) in [5, 5.41) is 10.3. The van der Waals surface area contributed by atoms with Crippen LogP contribution in [0.25, 0.3) is 0 Å². The molecule has 0 saturated heterocycles. The van der Waals surface area contributed by atoms with Gasteiger partial charge >= 0.3 is 0 Å². The van der Waals surface area contributed by atoms with Crippen molar-refractivity contribution in [3.05, 3.63) is 43.3 Å². The zero-order valence-corrected chi connectivity index (χ0v) is 15.2. The van der Waals surface area contributed by atoms with Crippen LogP contribution in [-0.2, 0) is 12.8 Å². The van der Waals surface area contributed by atoms with Gasteiger partial charge in [-0.15, -0.1) is 11.3 Å². The standard InChI is InChI=1S/C17H15IN2OS/c1-21-15-7-6-11(8-14(15)18)10-20-17-13(9-19)12-4-2-3-5-16(12)22-17/h6-8,10H,2-5H2,1H3. The Bertz CT molecular complexity index is 774. The number of rotatable bonds is 3. The normalized spacial score (nSPS) is 13.9. The van der Waals surface area contributed by atoms with Crippen molar-refractivity contribution >= 4 is 45.1 Å². The molecule has 0 saturated carbocycles. The highest BCUT2D eigenvalue weighted by Gasteiger charge is 2.20. The van der Waals surface area contributed by atoms with Gasteiger partial charge in [-0.05, 0) is 77.6 Å². The Labute approximate surface area is 147 Å². The van der Waals surface area contributed by atoms with Crippen LogP contribution in [0.15, 0.2) is 23.2 Å². The van der Waals surface area contributed by atoms with E-state index in [9.17, 15) is 5.26 Å². The first-order chi connectivity index (χ1) is 10.7. The molecule has 1 aromatic heterocycles. The molecule has 0 atom stereocenters. The minimum atomic E-state index is 0.777. The van der Waals surface area contributed by atoms with Gasteiger partial charge in [0.05, 0.1) is 16.2 Å². The maximum atomic E-state index is 9.44. The van der Waals surface area contributed by atoms with E-state index in [0.717, 1.165) is 38.3 Å². The van der Waals surface area contributed by atoms with E-state index < -0.39 is 0 Å². The Kier molecular flexibility index (Phi) is 4.79. The molecule has 3 nitrogen and oxygen atoms in total. The van der Waals surface area contributed by atoms with Crippen LogP contribution in [0.3, 0.4) is 0 Å². The molecule has 2 aromatic rings. The number of aryl methyl sites for hydroxylation is 1. The number of hydrogen-bond donors (Lipinski definition) is 0. The fourth-order valence-electron chi connectivity index (χ4n) is 2.65. The van der Waals surface area contributed by atoms with E-state index in [1.54, 1.807) is 18.4 Å². The summed E-state index contributed by atoms with van der Waals surface area (Å²) in [5.41, 5.74) is 3.02. The van der Waals surface area contributed by atoms with Crippen LogP contribution in [0.4, 0.5) is 5.00 Å². The molecule has 1 aliphatic carbocycles. The second-order valence-corrected chi connectivity index (χ2v) is 7.40. The number of hydrogen-bond acceptors (Lipinski definition) is 4. The Morgan fingerprint density at radius 3 is 2.91 bits per heavy atom. The minimum absolute atomic E-state index is 0.777. The van der Waals surface area contributed by atoms with Gasteiger partial charge in [0.2, 0.25) is 0 Å². The third kappa shape index (κ3) is 3.03. The zero-order chi connectivity index (χ0) is 15.5. The van der Waals surface area contributed by atoms with Gasteiger partial charge in [-0.3, -0.25) is 0 Å². The highest BCUT2D eigenvalue weighted by atomic mass is 127. The van der Waals surface area contributed by atoms with Crippen LogP contribution >= 0.6 is 33.9 Å². The number of ether oxygens (including phenoxy) is 1. The summed E-state index contributed by atoms with van der Waals surface area (Å²) in [6.07, 6.45) is 6.34. The number of nitrogens with zero attached hydrogens (tertiary/aromatic N) is 2. The van der Waals surface area contributed by atoms with Crippen molar-refractivity contribution in [3.8, 4) is 11.8 Å². The molecule has 1 heterocycles. The Morgan fingerprint density at radius 2 is 2.18 bits per heavy atom. The molecule has 0 N–H and O–H groups in total.